The van der Waals surface area contributed by atoms with E-state index >= 15 is 0 Å². The number of nitrogens with zero attached hydrogens (tertiary/aromatic N) is 3. The van der Waals surface area contributed by atoms with E-state index in [1.165, 1.54) is 5.56 Å². The lowest BCUT2D eigenvalue weighted by atomic mass is 10.2. The Morgan fingerprint density at radius 2 is 1.92 bits per heavy atom. The van der Waals surface area contributed by atoms with Crippen molar-refractivity contribution in [1.29, 1.82) is 0 Å². The molecule has 1 aromatic carbocycles. The second-order valence-corrected chi connectivity index (χ2v) is 7.94. The van der Waals surface area contributed by atoms with E-state index in [-0.39, 0.29) is 12.3 Å². The van der Waals surface area contributed by atoms with Crippen LogP contribution in [0.25, 0.3) is 6.08 Å². The Morgan fingerprint density at radius 1 is 1.23 bits per heavy atom. The fraction of sp³-hybridized carbons (Fsp3) is 0.500. The summed E-state index contributed by atoms with van der Waals surface area (Å²) in [6.07, 6.45) is 4.33. The van der Waals surface area contributed by atoms with Gasteiger partial charge < -0.3 is 10.2 Å². The molecule has 8 heteroatoms. The number of primary sulfonamides is 1. The first kappa shape index (κ1) is 20.4. The topological polar surface area (TPSA) is 91.0 Å². The van der Waals surface area contributed by atoms with Gasteiger partial charge in [0.2, 0.25) is 10.0 Å². The molecule has 1 fully saturated rings. The molecule has 0 amide bonds. The highest BCUT2D eigenvalue weighted by Gasteiger charge is 2.18. The van der Waals surface area contributed by atoms with Crippen molar-refractivity contribution in [2.45, 2.75) is 6.92 Å². The normalized spacial score (nSPS) is 17.0. The monoisotopic (exact) mass is 379 g/mol. The van der Waals surface area contributed by atoms with E-state index in [2.05, 4.69) is 44.4 Å². The standard InChI is InChI=1S/C18H29N5O2S/c1-2-20-18(21-10-16-26(19,24)25)23-14-12-22(13-15-23)11-6-9-17-7-4-3-5-8-17/h3-9H,2,10-16H2,1H3,(H,20,21)(H2,19,24,25). The van der Waals surface area contributed by atoms with E-state index in [0.717, 1.165) is 45.2 Å². The number of rotatable bonds is 7. The first-order valence-electron chi connectivity index (χ1n) is 8.95. The zero-order valence-electron chi connectivity index (χ0n) is 15.3. The summed E-state index contributed by atoms with van der Waals surface area (Å²) in [5, 5.41) is 8.26. The number of guanidine groups is 1. The fourth-order valence-electron chi connectivity index (χ4n) is 2.75. The number of hydrogen-bond acceptors (Lipinski definition) is 4. The molecule has 1 aliphatic rings. The van der Waals surface area contributed by atoms with Crippen LogP contribution in [0.15, 0.2) is 41.4 Å². The SMILES string of the molecule is CCNC(=NCCS(N)(=O)=O)N1CCN(CC=Cc2ccccc2)CC1. The summed E-state index contributed by atoms with van der Waals surface area (Å²) in [4.78, 5) is 8.95. The average molecular weight is 380 g/mol. The molecule has 26 heavy (non-hydrogen) atoms. The quantitative estimate of drug-likeness (QED) is 0.534. The van der Waals surface area contributed by atoms with Crippen molar-refractivity contribution in [2.75, 3.05) is 51.6 Å². The molecule has 144 valence electrons. The minimum Gasteiger partial charge on any atom is -0.357 e. The predicted molar refractivity (Wildman–Crippen MR) is 107 cm³/mol. The van der Waals surface area contributed by atoms with E-state index in [4.69, 9.17) is 5.14 Å². The summed E-state index contributed by atoms with van der Waals surface area (Å²) in [6.45, 7) is 7.45. The molecule has 0 atom stereocenters. The lowest BCUT2D eigenvalue weighted by Crippen LogP contribution is -2.52. The minimum atomic E-state index is -3.48. The Morgan fingerprint density at radius 3 is 2.54 bits per heavy atom. The van der Waals surface area contributed by atoms with Gasteiger partial charge in [0.15, 0.2) is 5.96 Å². The maximum Gasteiger partial charge on any atom is 0.210 e. The molecule has 0 radical (unpaired) electrons. The van der Waals surface area contributed by atoms with Crippen molar-refractivity contribution >= 4 is 22.1 Å². The van der Waals surface area contributed by atoms with Crippen LogP contribution in [0.3, 0.4) is 0 Å². The first-order chi connectivity index (χ1) is 12.5. The summed E-state index contributed by atoms with van der Waals surface area (Å²) < 4.78 is 22.1. The van der Waals surface area contributed by atoms with Crippen LogP contribution in [0.5, 0.6) is 0 Å². The molecule has 0 aliphatic carbocycles. The molecule has 0 saturated carbocycles. The molecule has 1 aromatic rings. The Balaban J connectivity index is 1.81. The van der Waals surface area contributed by atoms with Crippen molar-refractivity contribution in [3.63, 3.8) is 0 Å². The largest absolute Gasteiger partial charge is 0.357 e. The molecule has 1 heterocycles. The van der Waals surface area contributed by atoms with Crippen LogP contribution < -0.4 is 10.5 Å². The molecular weight excluding hydrogens is 350 g/mol. The molecule has 1 saturated heterocycles. The van der Waals surface area contributed by atoms with Gasteiger partial charge in [-0.2, -0.15) is 0 Å². The van der Waals surface area contributed by atoms with Gasteiger partial charge in [-0.05, 0) is 12.5 Å². The molecule has 3 N–H and O–H groups in total. The van der Waals surface area contributed by atoms with Gasteiger partial charge in [0.05, 0.1) is 12.3 Å². The second-order valence-electron chi connectivity index (χ2n) is 6.20. The number of nitrogens with two attached hydrogens (primary N) is 1. The maximum atomic E-state index is 11.1. The smallest absolute Gasteiger partial charge is 0.210 e. The molecule has 0 aromatic heterocycles. The van der Waals surface area contributed by atoms with Crippen molar-refractivity contribution in [3.05, 3.63) is 42.0 Å². The highest BCUT2D eigenvalue weighted by atomic mass is 32.2. The summed E-state index contributed by atoms with van der Waals surface area (Å²) in [7, 11) is -3.48. The van der Waals surface area contributed by atoms with Crippen molar-refractivity contribution in [1.82, 2.24) is 15.1 Å². The molecule has 1 aliphatic heterocycles. The Kier molecular flexibility index (Phi) is 8.08. The Labute approximate surface area is 156 Å². The summed E-state index contributed by atoms with van der Waals surface area (Å²) in [6, 6.07) is 10.3. The fourth-order valence-corrected chi connectivity index (χ4v) is 3.09. The second kappa shape index (κ2) is 10.3. The first-order valence-corrected chi connectivity index (χ1v) is 10.7. The van der Waals surface area contributed by atoms with Crippen LogP contribution >= 0.6 is 0 Å². The van der Waals surface area contributed by atoms with Gasteiger partial charge in [-0.15, -0.1) is 0 Å². The van der Waals surface area contributed by atoms with Gasteiger partial charge in [0, 0.05) is 39.3 Å². The van der Waals surface area contributed by atoms with E-state index in [1.54, 1.807) is 0 Å². The lowest BCUT2D eigenvalue weighted by Gasteiger charge is -2.36. The van der Waals surface area contributed by atoms with Gasteiger partial charge in [-0.3, -0.25) is 9.89 Å². The summed E-state index contributed by atoms with van der Waals surface area (Å²) in [5.41, 5.74) is 1.21. The van der Waals surface area contributed by atoms with Gasteiger partial charge >= 0.3 is 0 Å². The molecule has 0 unspecified atom stereocenters. The Bertz CT molecular complexity index is 696. The zero-order valence-corrected chi connectivity index (χ0v) is 16.2. The van der Waals surface area contributed by atoms with Crippen LogP contribution in [0.1, 0.15) is 12.5 Å². The molecular formula is C18H29N5O2S. The average Bonchev–Trinajstić information content (AvgIpc) is 2.62. The van der Waals surface area contributed by atoms with Crippen molar-refractivity contribution < 1.29 is 8.42 Å². The van der Waals surface area contributed by atoms with Gasteiger partial charge in [-0.1, -0.05) is 42.5 Å². The third-order valence-corrected chi connectivity index (χ3v) is 4.87. The van der Waals surface area contributed by atoms with Crippen LogP contribution in [-0.4, -0.2) is 75.7 Å². The number of benzene rings is 1. The van der Waals surface area contributed by atoms with Crippen LogP contribution in [0.2, 0.25) is 0 Å². The van der Waals surface area contributed by atoms with Crippen LogP contribution in [0, 0.1) is 0 Å². The van der Waals surface area contributed by atoms with E-state index in [0.29, 0.717) is 0 Å². The number of aliphatic imine (C=N–C) groups is 1. The van der Waals surface area contributed by atoms with Gasteiger partial charge in [-0.25, -0.2) is 13.6 Å². The van der Waals surface area contributed by atoms with E-state index < -0.39 is 10.0 Å². The summed E-state index contributed by atoms with van der Waals surface area (Å²) in [5.74, 6) is 0.627. The Hall–Kier alpha value is -1.90. The van der Waals surface area contributed by atoms with Gasteiger partial charge in [0.1, 0.15) is 0 Å². The molecule has 2 rings (SSSR count). The number of piperazine rings is 1. The van der Waals surface area contributed by atoms with Crippen LogP contribution in [-0.2, 0) is 10.0 Å². The highest BCUT2D eigenvalue weighted by Crippen LogP contribution is 2.05. The predicted octanol–water partition coefficient (Wildman–Crippen LogP) is 0.571. The molecule has 7 nitrogen and oxygen atoms in total. The number of sulfonamides is 1. The van der Waals surface area contributed by atoms with Crippen molar-refractivity contribution in [3.8, 4) is 0 Å². The molecule has 0 bridgehead atoms. The van der Waals surface area contributed by atoms with E-state index in [1.807, 2.05) is 25.1 Å². The number of hydrogen-bond donors (Lipinski definition) is 2. The zero-order chi connectivity index (χ0) is 18.8. The third kappa shape index (κ3) is 7.55. The maximum absolute atomic E-state index is 11.1. The number of nitrogens with one attached hydrogen (secondary N) is 1. The van der Waals surface area contributed by atoms with Crippen LogP contribution in [0.4, 0.5) is 0 Å². The van der Waals surface area contributed by atoms with Crippen molar-refractivity contribution in [2.24, 2.45) is 10.1 Å². The van der Waals surface area contributed by atoms with Gasteiger partial charge in [0.25, 0.3) is 0 Å². The summed E-state index contributed by atoms with van der Waals surface area (Å²) >= 11 is 0. The highest BCUT2D eigenvalue weighted by molar-refractivity contribution is 7.89. The lowest BCUT2D eigenvalue weighted by molar-refractivity contribution is 0.194. The van der Waals surface area contributed by atoms with E-state index in [9.17, 15) is 8.42 Å². The third-order valence-electron chi connectivity index (χ3n) is 4.12. The molecule has 0 spiro atoms. The minimum absolute atomic E-state index is 0.133.